The topological polar surface area (TPSA) is 103 Å². The molecule has 3 N–H and O–H groups in total. The first-order valence-corrected chi connectivity index (χ1v) is 6.62. The molecule has 1 heterocycles. The van der Waals surface area contributed by atoms with Crippen molar-refractivity contribution in [2.45, 2.75) is 0 Å². The number of fused-ring (bicyclic) bond motifs is 1. The molecule has 2 aromatic carbocycles. The summed E-state index contributed by atoms with van der Waals surface area (Å²) in [5, 5.41) is 17.9. The normalized spacial score (nSPS) is 10.8. The number of carboxylic acids is 1. The molecular weight excluding hydrogens is 308 g/mol. The molecule has 3 aromatic rings. The van der Waals surface area contributed by atoms with Crippen LogP contribution < -0.4 is 10.5 Å². The van der Waals surface area contributed by atoms with Crippen LogP contribution in [0.25, 0.3) is 16.7 Å². The summed E-state index contributed by atoms with van der Waals surface area (Å²) in [6, 6.07) is 8.36. The molecule has 0 aliphatic heterocycles. The molecule has 7 nitrogen and oxygen atoms in total. The standard InChI is InChI=1S/C14H11ClN4O3/c1-22-10-5-3-2-4-9(10)19-17-12-7(14(20)21)6-8(16)11(15)13(12)18-19/h2-6H,16H2,1H3,(H,20,21). The summed E-state index contributed by atoms with van der Waals surface area (Å²) < 4.78 is 5.25. The lowest BCUT2D eigenvalue weighted by molar-refractivity contribution is 0.0699. The van der Waals surface area contributed by atoms with E-state index in [4.69, 9.17) is 22.1 Å². The summed E-state index contributed by atoms with van der Waals surface area (Å²) in [7, 11) is 1.52. The summed E-state index contributed by atoms with van der Waals surface area (Å²) in [6.45, 7) is 0. The number of aromatic nitrogens is 3. The molecule has 0 amide bonds. The largest absolute Gasteiger partial charge is 0.494 e. The highest BCUT2D eigenvalue weighted by Crippen LogP contribution is 2.31. The molecule has 0 spiro atoms. The number of anilines is 1. The lowest BCUT2D eigenvalue weighted by Crippen LogP contribution is -2.02. The number of carboxylic acid groups (broad SMARTS) is 1. The van der Waals surface area contributed by atoms with E-state index in [2.05, 4.69) is 10.2 Å². The van der Waals surface area contributed by atoms with Crippen molar-refractivity contribution in [1.29, 1.82) is 0 Å². The first-order chi connectivity index (χ1) is 10.5. The number of aromatic carboxylic acids is 1. The molecule has 112 valence electrons. The van der Waals surface area contributed by atoms with Gasteiger partial charge in [-0.05, 0) is 18.2 Å². The van der Waals surface area contributed by atoms with Crippen LogP contribution in [0.3, 0.4) is 0 Å². The molecule has 0 saturated carbocycles. The number of benzene rings is 2. The lowest BCUT2D eigenvalue weighted by Gasteiger charge is -2.05. The zero-order valence-corrected chi connectivity index (χ0v) is 12.2. The number of halogens is 1. The third-order valence-electron chi connectivity index (χ3n) is 3.16. The quantitative estimate of drug-likeness (QED) is 0.718. The highest BCUT2D eigenvalue weighted by atomic mass is 35.5. The molecule has 0 aliphatic carbocycles. The van der Waals surface area contributed by atoms with Crippen molar-refractivity contribution in [1.82, 2.24) is 15.0 Å². The van der Waals surface area contributed by atoms with Gasteiger partial charge in [0, 0.05) is 0 Å². The van der Waals surface area contributed by atoms with Crippen LogP contribution in [-0.2, 0) is 0 Å². The second-order valence-corrected chi connectivity index (χ2v) is 4.87. The number of carbonyl (C=O) groups is 1. The highest BCUT2D eigenvalue weighted by molar-refractivity contribution is 6.38. The Morgan fingerprint density at radius 2 is 2.00 bits per heavy atom. The monoisotopic (exact) mass is 318 g/mol. The van der Waals surface area contributed by atoms with Gasteiger partial charge in [0.05, 0.1) is 23.4 Å². The van der Waals surface area contributed by atoms with Crippen LogP contribution in [-0.4, -0.2) is 33.2 Å². The molecule has 0 fully saturated rings. The summed E-state index contributed by atoms with van der Waals surface area (Å²) in [6.07, 6.45) is 0. The fraction of sp³-hybridized carbons (Fsp3) is 0.0714. The molecule has 0 unspecified atom stereocenters. The summed E-state index contributed by atoms with van der Waals surface area (Å²) in [4.78, 5) is 12.6. The minimum atomic E-state index is -1.15. The molecule has 3 rings (SSSR count). The van der Waals surface area contributed by atoms with E-state index >= 15 is 0 Å². The number of methoxy groups -OCH3 is 1. The van der Waals surface area contributed by atoms with E-state index in [1.165, 1.54) is 18.0 Å². The number of para-hydroxylation sites is 2. The Bertz CT molecular complexity index is 891. The van der Waals surface area contributed by atoms with Crippen LogP contribution >= 0.6 is 11.6 Å². The molecule has 8 heteroatoms. The molecule has 0 saturated heterocycles. The number of rotatable bonds is 3. The molecule has 0 aliphatic rings. The number of nitrogen functional groups attached to an aromatic ring is 1. The van der Waals surface area contributed by atoms with Gasteiger partial charge in [-0.15, -0.1) is 15.0 Å². The Morgan fingerprint density at radius 1 is 1.32 bits per heavy atom. The van der Waals surface area contributed by atoms with Gasteiger partial charge in [0.25, 0.3) is 0 Å². The summed E-state index contributed by atoms with van der Waals surface area (Å²) >= 11 is 6.11. The maximum absolute atomic E-state index is 11.3. The van der Waals surface area contributed by atoms with E-state index in [9.17, 15) is 9.90 Å². The second kappa shape index (κ2) is 5.19. The Balaban J connectivity index is 2.32. The van der Waals surface area contributed by atoms with E-state index in [-0.39, 0.29) is 27.3 Å². The van der Waals surface area contributed by atoms with E-state index < -0.39 is 5.97 Å². The minimum absolute atomic E-state index is 0.0574. The second-order valence-electron chi connectivity index (χ2n) is 4.49. The van der Waals surface area contributed by atoms with Crippen LogP contribution in [0.2, 0.25) is 5.02 Å². The van der Waals surface area contributed by atoms with Crippen LogP contribution in [0.5, 0.6) is 5.75 Å². The Hall–Kier alpha value is -2.80. The average Bonchev–Trinajstić information content (AvgIpc) is 2.95. The molecule has 22 heavy (non-hydrogen) atoms. The van der Waals surface area contributed by atoms with Crippen LogP contribution in [0.15, 0.2) is 30.3 Å². The van der Waals surface area contributed by atoms with Gasteiger partial charge in [-0.3, -0.25) is 0 Å². The van der Waals surface area contributed by atoms with Gasteiger partial charge in [-0.2, -0.15) is 0 Å². The molecular formula is C14H11ClN4O3. The number of nitrogens with zero attached hydrogens (tertiary/aromatic N) is 3. The first kappa shape index (κ1) is 14.2. The van der Waals surface area contributed by atoms with Gasteiger partial charge < -0.3 is 15.6 Å². The van der Waals surface area contributed by atoms with Crippen molar-refractivity contribution in [3.05, 3.63) is 40.9 Å². The molecule has 0 bridgehead atoms. The number of hydrogen-bond acceptors (Lipinski definition) is 5. The van der Waals surface area contributed by atoms with Gasteiger partial charge in [0.2, 0.25) is 0 Å². The lowest BCUT2D eigenvalue weighted by atomic mass is 10.1. The van der Waals surface area contributed by atoms with Crippen LogP contribution in [0, 0.1) is 0 Å². The third-order valence-corrected chi connectivity index (χ3v) is 3.56. The maximum Gasteiger partial charge on any atom is 0.338 e. The highest BCUT2D eigenvalue weighted by Gasteiger charge is 2.20. The van der Waals surface area contributed by atoms with Crippen molar-refractivity contribution < 1.29 is 14.6 Å². The van der Waals surface area contributed by atoms with Gasteiger partial charge in [0.1, 0.15) is 22.5 Å². The summed E-state index contributed by atoms with van der Waals surface area (Å²) in [5.41, 5.74) is 6.77. The third kappa shape index (κ3) is 2.11. The maximum atomic E-state index is 11.3. The van der Waals surface area contributed by atoms with E-state index in [1.807, 2.05) is 0 Å². The van der Waals surface area contributed by atoms with Crippen molar-refractivity contribution in [3.8, 4) is 11.4 Å². The molecule has 1 aromatic heterocycles. The zero-order chi connectivity index (χ0) is 15.9. The Kier molecular flexibility index (Phi) is 3.34. The average molecular weight is 319 g/mol. The van der Waals surface area contributed by atoms with Gasteiger partial charge >= 0.3 is 5.97 Å². The van der Waals surface area contributed by atoms with E-state index in [1.54, 1.807) is 24.3 Å². The van der Waals surface area contributed by atoms with E-state index in [0.717, 1.165) is 0 Å². The number of hydrogen-bond donors (Lipinski definition) is 2. The fourth-order valence-corrected chi connectivity index (χ4v) is 2.31. The number of nitrogens with two attached hydrogens (primary N) is 1. The predicted molar refractivity (Wildman–Crippen MR) is 81.8 cm³/mol. The zero-order valence-electron chi connectivity index (χ0n) is 11.4. The van der Waals surface area contributed by atoms with Crippen LogP contribution in [0.4, 0.5) is 5.69 Å². The van der Waals surface area contributed by atoms with Crippen LogP contribution in [0.1, 0.15) is 10.4 Å². The van der Waals surface area contributed by atoms with Gasteiger partial charge in [0.15, 0.2) is 0 Å². The van der Waals surface area contributed by atoms with Crippen molar-refractivity contribution >= 4 is 34.3 Å². The Labute approximate surface area is 129 Å². The van der Waals surface area contributed by atoms with Gasteiger partial charge in [-0.1, -0.05) is 23.7 Å². The number of ether oxygens (including phenoxy) is 1. The van der Waals surface area contributed by atoms with Gasteiger partial charge in [-0.25, -0.2) is 4.79 Å². The van der Waals surface area contributed by atoms with Crippen molar-refractivity contribution in [3.63, 3.8) is 0 Å². The molecule has 0 atom stereocenters. The van der Waals surface area contributed by atoms with E-state index in [0.29, 0.717) is 11.4 Å². The van der Waals surface area contributed by atoms with Crippen molar-refractivity contribution in [2.75, 3.05) is 12.8 Å². The minimum Gasteiger partial charge on any atom is -0.494 e. The molecule has 0 radical (unpaired) electrons. The SMILES string of the molecule is COc1ccccc1-n1nc2c(C(=O)O)cc(N)c(Cl)c2n1. The fourth-order valence-electron chi connectivity index (χ4n) is 2.13. The first-order valence-electron chi connectivity index (χ1n) is 6.24. The summed E-state index contributed by atoms with van der Waals surface area (Å²) in [5.74, 6) is -0.607. The smallest absolute Gasteiger partial charge is 0.338 e. The predicted octanol–water partition coefficient (Wildman–Crippen LogP) is 2.36. The van der Waals surface area contributed by atoms with Crippen molar-refractivity contribution in [2.24, 2.45) is 0 Å². The Morgan fingerprint density at radius 3 is 2.68 bits per heavy atom.